The lowest BCUT2D eigenvalue weighted by Crippen LogP contribution is -2.32. The minimum atomic E-state index is -0.593. The van der Waals surface area contributed by atoms with Crippen molar-refractivity contribution < 1.29 is 19.1 Å². The molecule has 0 spiro atoms. The van der Waals surface area contributed by atoms with E-state index in [-0.39, 0.29) is 17.6 Å². The lowest BCUT2D eigenvalue weighted by molar-refractivity contribution is -0.118. The van der Waals surface area contributed by atoms with Gasteiger partial charge in [-0.2, -0.15) is 0 Å². The molecule has 1 atom stereocenters. The molecule has 7 nitrogen and oxygen atoms in total. The van der Waals surface area contributed by atoms with E-state index in [0.717, 1.165) is 15.5 Å². The highest BCUT2D eigenvalue weighted by Crippen LogP contribution is 2.29. The number of urea groups is 1. The molecule has 2 aromatic carbocycles. The second-order valence-corrected chi connectivity index (χ2v) is 6.93. The molecule has 3 rings (SSSR count). The van der Waals surface area contributed by atoms with E-state index in [9.17, 15) is 14.4 Å². The fourth-order valence-corrected chi connectivity index (χ4v) is 3.38. The molecule has 1 aliphatic rings. The van der Waals surface area contributed by atoms with Gasteiger partial charge in [-0.05, 0) is 37.3 Å². The maximum absolute atomic E-state index is 12.4. The van der Waals surface area contributed by atoms with Gasteiger partial charge < -0.3 is 15.4 Å². The van der Waals surface area contributed by atoms with Gasteiger partial charge in [0, 0.05) is 4.90 Å². The number of hydrogen-bond acceptors (Lipinski definition) is 5. The Hall–Kier alpha value is -3.00. The van der Waals surface area contributed by atoms with Gasteiger partial charge in [0.25, 0.3) is 5.91 Å². The van der Waals surface area contributed by atoms with Crippen LogP contribution in [0, 0.1) is 0 Å². The zero-order valence-electron chi connectivity index (χ0n) is 14.9. The zero-order valence-corrected chi connectivity index (χ0v) is 15.7. The van der Waals surface area contributed by atoms with Crippen molar-refractivity contribution in [1.82, 2.24) is 5.32 Å². The van der Waals surface area contributed by atoms with E-state index >= 15 is 0 Å². The summed E-state index contributed by atoms with van der Waals surface area (Å²) in [6.07, 6.45) is 0. The number of amides is 4. The number of carbonyl (C=O) groups is 3. The van der Waals surface area contributed by atoms with Gasteiger partial charge in [0.1, 0.15) is 11.8 Å². The minimum Gasteiger partial charge on any atom is -0.497 e. The predicted molar refractivity (Wildman–Crippen MR) is 104 cm³/mol. The lowest BCUT2D eigenvalue weighted by Gasteiger charge is -2.17. The standard InChI is InChI=1S/C19H19N3O4S/c1-12-18(24)22(19(25)20-12)16-9-4-3-8-15(16)21-17(23)11-27-14-7-5-6-13(10-14)26-2/h3-10,12H,11H2,1-2H3,(H,20,25)(H,21,23). The molecule has 1 heterocycles. The van der Waals surface area contributed by atoms with Gasteiger partial charge >= 0.3 is 6.03 Å². The van der Waals surface area contributed by atoms with Crippen LogP contribution in [-0.2, 0) is 9.59 Å². The summed E-state index contributed by atoms with van der Waals surface area (Å²) < 4.78 is 5.17. The van der Waals surface area contributed by atoms with Crippen molar-refractivity contribution in [2.75, 3.05) is 23.1 Å². The average molecular weight is 385 g/mol. The third-order valence-corrected chi connectivity index (χ3v) is 4.96. The molecule has 0 aromatic heterocycles. The maximum Gasteiger partial charge on any atom is 0.329 e. The van der Waals surface area contributed by atoms with Crippen molar-refractivity contribution in [3.8, 4) is 5.75 Å². The van der Waals surface area contributed by atoms with Crippen LogP contribution in [0.5, 0.6) is 5.75 Å². The second-order valence-electron chi connectivity index (χ2n) is 5.88. The molecule has 27 heavy (non-hydrogen) atoms. The summed E-state index contributed by atoms with van der Waals surface area (Å²) in [5.74, 6) is 0.305. The molecular formula is C19H19N3O4S. The first-order valence-corrected chi connectivity index (χ1v) is 9.28. The number of nitrogens with one attached hydrogen (secondary N) is 2. The molecule has 0 radical (unpaired) electrons. The number of imide groups is 1. The normalized spacial score (nSPS) is 16.2. The SMILES string of the molecule is COc1cccc(SCC(=O)Nc2ccccc2N2C(=O)NC(C)C2=O)c1. The summed E-state index contributed by atoms with van der Waals surface area (Å²) in [5, 5.41) is 5.34. The van der Waals surface area contributed by atoms with Crippen LogP contribution in [0.1, 0.15) is 6.92 Å². The summed E-state index contributed by atoms with van der Waals surface area (Å²) in [6.45, 7) is 1.62. The van der Waals surface area contributed by atoms with E-state index in [1.54, 1.807) is 38.3 Å². The summed E-state index contributed by atoms with van der Waals surface area (Å²) in [7, 11) is 1.59. The van der Waals surface area contributed by atoms with E-state index in [2.05, 4.69) is 10.6 Å². The van der Waals surface area contributed by atoms with Gasteiger partial charge in [0.05, 0.1) is 24.2 Å². The van der Waals surface area contributed by atoms with Crippen molar-refractivity contribution in [3.63, 3.8) is 0 Å². The van der Waals surface area contributed by atoms with Crippen molar-refractivity contribution in [2.24, 2.45) is 0 Å². The van der Waals surface area contributed by atoms with Crippen LogP contribution < -0.4 is 20.3 Å². The number of methoxy groups -OCH3 is 1. The molecular weight excluding hydrogens is 366 g/mol. The molecule has 1 unspecified atom stereocenters. The van der Waals surface area contributed by atoms with Crippen molar-refractivity contribution in [2.45, 2.75) is 17.9 Å². The highest BCUT2D eigenvalue weighted by Gasteiger charge is 2.37. The van der Waals surface area contributed by atoms with Crippen LogP contribution in [0.4, 0.5) is 16.2 Å². The molecule has 2 aromatic rings. The smallest absolute Gasteiger partial charge is 0.329 e. The summed E-state index contributed by atoms with van der Waals surface area (Å²) in [4.78, 5) is 38.6. The number of carbonyl (C=O) groups excluding carboxylic acids is 3. The number of rotatable bonds is 6. The largest absolute Gasteiger partial charge is 0.497 e. The number of anilines is 2. The molecule has 0 bridgehead atoms. The zero-order chi connectivity index (χ0) is 19.4. The second kappa shape index (κ2) is 8.13. The van der Waals surface area contributed by atoms with Crippen LogP contribution >= 0.6 is 11.8 Å². The molecule has 140 valence electrons. The Kier molecular flexibility index (Phi) is 5.66. The molecule has 1 saturated heterocycles. The number of ether oxygens (including phenoxy) is 1. The minimum absolute atomic E-state index is 0.179. The Morgan fingerprint density at radius 1 is 1.22 bits per heavy atom. The van der Waals surface area contributed by atoms with Gasteiger partial charge in [-0.25, -0.2) is 9.69 Å². The van der Waals surface area contributed by atoms with E-state index in [0.29, 0.717) is 11.4 Å². The summed E-state index contributed by atoms with van der Waals surface area (Å²) in [5.41, 5.74) is 0.760. The topological polar surface area (TPSA) is 87.7 Å². The summed E-state index contributed by atoms with van der Waals surface area (Å²) >= 11 is 1.37. The Morgan fingerprint density at radius 2 is 2.00 bits per heavy atom. The number of thioether (sulfide) groups is 1. The molecule has 0 aliphatic carbocycles. The van der Waals surface area contributed by atoms with E-state index < -0.39 is 12.1 Å². The molecule has 1 fully saturated rings. The van der Waals surface area contributed by atoms with Crippen LogP contribution in [0.2, 0.25) is 0 Å². The third-order valence-electron chi connectivity index (χ3n) is 3.96. The first-order chi connectivity index (χ1) is 13.0. The Labute approximate surface area is 161 Å². The van der Waals surface area contributed by atoms with Crippen LogP contribution in [-0.4, -0.2) is 36.7 Å². The lowest BCUT2D eigenvalue weighted by atomic mass is 10.2. The van der Waals surface area contributed by atoms with E-state index in [1.807, 2.05) is 24.3 Å². The molecule has 2 N–H and O–H groups in total. The summed E-state index contributed by atoms with van der Waals surface area (Å²) in [6, 6.07) is 13.1. The van der Waals surface area contributed by atoms with Gasteiger partial charge in [0.15, 0.2) is 0 Å². The van der Waals surface area contributed by atoms with E-state index in [4.69, 9.17) is 4.74 Å². The third kappa shape index (κ3) is 4.22. The van der Waals surface area contributed by atoms with Crippen LogP contribution in [0.3, 0.4) is 0 Å². The van der Waals surface area contributed by atoms with Gasteiger partial charge in [0.2, 0.25) is 5.91 Å². The van der Waals surface area contributed by atoms with E-state index in [1.165, 1.54) is 11.8 Å². The highest BCUT2D eigenvalue weighted by atomic mass is 32.2. The van der Waals surface area contributed by atoms with Crippen molar-refractivity contribution in [3.05, 3.63) is 48.5 Å². The fraction of sp³-hybridized carbons (Fsp3) is 0.211. The highest BCUT2D eigenvalue weighted by molar-refractivity contribution is 8.00. The quantitative estimate of drug-likeness (QED) is 0.590. The molecule has 1 aliphatic heterocycles. The van der Waals surface area contributed by atoms with Gasteiger partial charge in [-0.15, -0.1) is 11.8 Å². The Balaban J connectivity index is 1.70. The monoisotopic (exact) mass is 385 g/mol. The fourth-order valence-electron chi connectivity index (χ4n) is 2.63. The van der Waals surface area contributed by atoms with Crippen LogP contribution in [0.15, 0.2) is 53.4 Å². The molecule has 4 amide bonds. The van der Waals surface area contributed by atoms with Gasteiger partial charge in [-0.3, -0.25) is 9.59 Å². The number of hydrogen-bond donors (Lipinski definition) is 2. The van der Waals surface area contributed by atoms with Crippen molar-refractivity contribution >= 4 is 41.0 Å². The first-order valence-electron chi connectivity index (χ1n) is 8.30. The molecule has 8 heteroatoms. The Morgan fingerprint density at radius 3 is 2.70 bits per heavy atom. The van der Waals surface area contributed by atoms with Gasteiger partial charge in [-0.1, -0.05) is 18.2 Å². The maximum atomic E-state index is 12.4. The molecule has 0 saturated carbocycles. The van der Waals surface area contributed by atoms with Crippen molar-refractivity contribution in [1.29, 1.82) is 0 Å². The van der Waals surface area contributed by atoms with Crippen LogP contribution in [0.25, 0.3) is 0 Å². The number of nitrogens with zero attached hydrogens (tertiary/aromatic N) is 1. The average Bonchev–Trinajstić information content (AvgIpc) is 2.92. The first kappa shape index (κ1) is 18.8. The number of benzene rings is 2. The predicted octanol–water partition coefficient (Wildman–Crippen LogP) is 2.87. The Bertz CT molecular complexity index is 887. The number of para-hydroxylation sites is 2.